The van der Waals surface area contributed by atoms with Crippen LogP contribution in [0.2, 0.25) is 0 Å². The van der Waals surface area contributed by atoms with Crippen molar-refractivity contribution in [3.05, 3.63) is 90.5 Å². The zero-order valence-electron chi connectivity index (χ0n) is 20.7. The molecule has 15 heteroatoms. The van der Waals surface area contributed by atoms with Crippen molar-refractivity contribution < 1.29 is 50.9 Å². The molecule has 1 aliphatic heterocycles. The van der Waals surface area contributed by atoms with Crippen LogP contribution in [0, 0.1) is 5.92 Å². The highest BCUT2D eigenvalue weighted by Crippen LogP contribution is 2.45. The van der Waals surface area contributed by atoms with Crippen molar-refractivity contribution in [3.63, 3.8) is 0 Å². The molecule has 0 bridgehead atoms. The highest BCUT2D eigenvalue weighted by Gasteiger charge is 2.49. The van der Waals surface area contributed by atoms with Crippen molar-refractivity contribution in [2.45, 2.75) is 37.2 Å². The van der Waals surface area contributed by atoms with Gasteiger partial charge in [-0.25, -0.2) is 14.8 Å². The van der Waals surface area contributed by atoms with Crippen molar-refractivity contribution in [2.24, 2.45) is 4.99 Å². The molecule has 41 heavy (non-hydrogen) atoms. The van der Waals surface area contributed by atoms with Crippen LogP contribution < -0.4 is 10.4 Å². The van der Waals surface area contributed by atoms with Crippen LogP contribution in [0.5, 0.6) is 0 Å². The number of carbonyl (C=O) groups excluding carboxylic acids is 2. The van der Waals surface area contributed by atoms with E-state index in [2.05, 4.69) is 27.4 Å². The minimum atomic E-state index is -5.19. The molecule has 9 nitrogen and oxygen atoms in total. The Morgan fingerprint density at radius 1 is 0.976 bits per heavy atom. The van der Waals surface area contributed by atoms with Gasteiger partial charge in [0.05, 0.1) is 5.54 Å². The quantitative estimate of drug-likeness (QED) is 0.358. The number of aliphatic imine (C=N–C) groups is 1. The number of carbonyl (C=O) groups is 3. The molecule has 0 atom stereocenters. The van der Waals surface area contributed by atoms with Crippen LogP contribution in [0.1, 0.15) is 30.5 Å². The Morgan fingerprint density at radius 2 is 1.56 bits per heavy atom. The van der Waals surface area contributed by atoms with Crippen LogP contribution in [-0.4, -0.2) is 50.4 Å². The predicted molar refractivity (Wildman–Crippen MR) is 129 cm³/mol. The molecule has 216 valence electrons. The number of rotatable bonds is 4. The van der Waals surface area contributed by atoms with Gasteiger partial charge in [0.1, 0.15) is 18.2 Å². The smallest absolute Gasteiger partial charge is 0.490 e. The topological polar surface area (TPSA) is 136 Å². The fraction of sp³-hybridized carbons (Fsp3) is 0.231. The first kappa shape index (κ1) is 30.7. The largest absolute Gasteiger partial charge is 0.542 e. The van der Waals surface area contributed by atoms with E-state index >= 15 is 0 Å². The second-order valence-corrected chi connectivity index (χ2v) is 8.62. The highest BCUT2D eigenvalue weighted by molar-refractivity contribution is 6.45. The van der Waals surface area contributed by atoms with E-state index in [1.165, 1.54) is 0 Å². The standard InChI is InChI=1S/C22H18N4O.2C2HF3O2/c27-21(25-22(11-12-22)16-7-2-1-3-8-16)20-17(9-6-13-23-20)19-18-10-4-5-14-26(18)15-24-19;2*3-2(4,5)1(6)7/h1-8,10,13-15H,9,11-12H2;2*(H,6,7). The van der Waals surface area contributed by atoms with Crippen LogP contribution in [0.3, 0.4) is 0 Å². The number of carboxylic acid groups (broad SMARTS) is 2. The normalized spacial score (nSPS) is 15.5. The fourth-order valence-electron chi connectivity index (χ4n) is 3.70. The molecule has 1 fully saturated rings. The van der Waals surface area contributed by atoms with Crippen LogP contribution >= 0.6 is 0 Å². The van der Waals surface area contributed by atoms with Gasteiger partial charge in [-0.15, -0.1) is 0 Å². The van der Waals surface area contributed by atoms with E-state index in [4.69, 9.17) is 19.8 Å². The van der Waals surface area contributed by atoms with Crippen molar-refractivity contribution in [2.75, 3.05) is 0 Å². The summed E-state index contributed by atoms with van der Waals surface area (Å²) in [5.41, 5.74) is 3.15. The van der Waals surface area contributed by atoms with Gasteiger partial charge in [0.2, 0.25) is 11.4 Å². The molecule has 0 radical (unpaired) electrons. The third-order valence-corrected chi connectivity index (χ3v) is 5.76. The number of hydrogen-bond acceptors (Lipinski definition) is 6. The van der Waals surface area contributed by atoms with Crippen LogP contribution in [0.4, 0.5) is 26.3 Å². The first-order chi connectivity index (χ1) is 19.2. The first-order valence-corrected chi connectivity index (χ1v) is 11.6. The average Bonchev–Trinajstić information content (AvgIpc) is 3.58. The minimum absolute atomic E-state index is 0.132. The first-order valence-electron chi connectivity index (χ1n) is 11.6. The lowest BCUT2D eigenvalue weighted by Crippen LogP contribution is -2.42. The molecule has 3 heterocycles. The van der Waals surface area contributed by atoms with Gasteiger partial charge < -0.3 is 15.0 Å². The number of aliphatic carboxylic acids is 2. The molecule has 0 unspecified atom stereocenters. The van der Waals surface area contributed by atoms with E-state index < -0.39 is 24.3 Å². The number of benzene rings is 1. The Balaban J connectivity index is 0.000000276. The predicted octanol–water partition coefficient (Wildman–Crippen LogP) is 3.35. The summed E-state index contributed by atoms with van der Waals surface area (Å²) in [5.74, 6) is -5.03. The summed E-state index contributed by atoms with van der Waals surface area (Å²) in [7, 11) is 0. The van der Waals surface area contributed by atoms with Crippen LogP contribution in [0.25, 0.3) is 5.52 Å². The maximum absolute atomic E-state index is 13.1. The summed E-state index contributed by atoms with van der Waals surface area (Å²) in [6, 6.07) is 16.1. The molecular weight excluding hydrogens is 562 g/mol. The maximum Gasteiger partial charge on any atom is 0.490 e. The lowest BCUT2D eigenvalue weighted by atomic mass is 9.92. The summed E-state index contributed by atoms with van der Waals surface area (Å²) in [5, 5.41) is 19.1. The van der Waals surface area contributed by atoms with Gasteiger partial charge in [0, 0.05) is 24.9 Å². The van der Waals surface area contributed by atoms with Crippen molar-refractivity contribution in [3.8, 4) is 0 Å². The summed E-state index contributed by atoms with van der Waals surface area (Å²) < 4.78 is 65.2. The zero-order valence-corrected chi connectivity index (χ0v) is 20.7. The molecule has 1 saturated carbocycles. The number of halogens is 6. The number of imidazole rings is 1. The van der Waals surface area contributed by atoms with E-state index in [1.807, 2.05) is 53.1 Å². The second-order valence-electron chi connectivity index (χ2n) is 8.62. The SMILES string of the molecule is O=C(NC1(c2ccccc2)CC1)C1=NC=CC[C+]1c1ncn2ccccc12.O=C(O)C(F)(F)F.O=C([O-])C(F)(F)F. The molecule has 2 N–H and O–H groups in total. The minimum Gasteiger partial charge on any atom is -0.542 e. The van der Waals surface area contributed by atoms with E-state index in [0.29, 0.717) is 12.1 Å². The second kappa shape index (κ2) is 12.1. The number of nitrogens with zero attached hydrogens (tertiary/aromatic N) is 3. The van der Waals surface area contributed by atoms with Crippen LogP contribution in [-0.2, 0) is 19.9 Å². The molecule has 2 aromatic heterocycles. The van der Waals surface area contributed by atoms with Gasteiger partial charge >= 0.3 is 24.2 Å². The molecular formula is C26H20F6N4O5. The number of hydrogen-bond donors (Lipinski definition) is 2. The molecule has 2 aliphatic rings. The Bertz CT molecular complexity index is 1440. The number of carboxylic acids is 2. The number of allylic oxidation sites excluding steroid dienone is 1. The van der Waals surface area contributed by atoms with Crippen molar-refractivity contribution in [1.82, 2.24) is 14.7 Å². The van der Waals surface area contributed by atoms with Gasteiger partial charge in [-0.1, -0.05) is 30.3 Å². The number of nitrogens with one attached hydrogen (secondary N) is 1. The van der Waals surface area contributed by atoms with E-state index in [-0.39, 0.29) is 11.4 Å². The van der Waals surface area contributed by atoms with Gasteiger partial charge in [-0.2, -0.15) is 31.1 Å². The Morgan fingerprint density at radius 3 is 2.10 bits per heavy atom. The highest BCUT2D eigenvalue weighted by atomic mass is 19.4. The lowest BCUT2D eigenvalue weighted by molar-refractivity contribution is -0.344. The summed E-state index contributed by atoms with van der Waals surface area (Å²) in [4.78, 5) is 39.8. The monoisotopic (exact) mass is 582 g/mol. The third-order valence-electron chi connectivity index (χ3n) is 5.76. The molecule has 0 saturated heterocycles. The molecule has 0 spiro atoms. The lowest BCUT2D eigenvalue weighted by Gasteiger charge is -2.17. The Hall–Kier alpha value is -4.82. The summed E-state index contributed by atoms with van der Waals surface area (Å²) in [6.45, 7) is 0. The number of alkyl halides is 6. The van der Waals surface area contributed by atoms with Gasteiger partial charge in [-0.3, -0.25) is 9.72 Å². The third kappa shape index (κ3) is 7.86. The van der Waals surface area contributed by atoms with E-state index in [1.54, 1.807) is 12.5 Å². The van der Waals surface area contributed by atoms with Crippen molar-refractivity contribution in [1.29, 1.82) is 0 Å². The fourth-order valence-corrected chi connectivity index (χ4v) is 3.70. The zero-order chi connectivity index (χ0) is 30.4. The molecule has 1 aromatic carbocycles. The number of amides is 1. The van der Waals surface area contributed by atoms with E-state index in [9.17, 15) is 31.1 Å². The van der Waals surface area contributed by atoms with Crippen molar-refractivity contribution >= 4 is 29.1 Å². The number of fused-ring (bicyclic) bond motifs is 1. The average molecular weight is 582 g/mol. The maximum atomic E-state index is 13.1. The van der Waals surface area contributed by atoms with Gasteiger partial charge in [0.15, 0.2) is 5.52 Å². The number of aromatic nitrogens is 2. The molecule has 3 aromatic rings. The Kier molecular flexibility index (Phi) is 9.10. The Labute approximate surface area is 227 Å². The van der Waals surface area contributed by atoms with Gasteiger partial charge in [-0.05, 0) is 36.6 Å². The van der Waals surface area contributed by atoms with E-state index in [0.717, 1.165) is 35.5 Å². The number of pyridine rings is 1. The molecule has 1 amide bonds. The van der Waals surface area contributed by atoms with Gasteiger partial charge in [0.25, 0.3) is 0 Å². The molecule has 5 rings (SSSR count). The van der Waals surface area contributed by atoms with Crippen LogP contribution in [0.15, 0.2) is 78.3 Å². The molecule has 1 aliphatic carbocycles. The summed E-state index contributed by atoms with van der Waals surface area (Å²) >= 11 is 0. The summed E-state index contributed by atoms with van der Waals surface area (Å²) in [6.07, 6.45) is -0.326.